The van der Waals surface area contributed by atoms with Gasteiger partial charge in [-0.2, -0.15) is 5.10 Å². The standard InChI is InChI=1S/C20H20F2N4O2/c1-12-8-13(2)26(25-12)16-5-3-4-15(10-16)24-20(28)23-11-19(27)14-6-7-17(21)18(22)9-14/h3-10,19,27H,11H2,1-2H3,(H2,23,24,28). The van der Waals surface area contributed by atoms with E-state index in [-0.39, 0.29) is 12.1 Å². The molecule has 1 atom stereocenters. The second-order valence-corrected chi connectivity index (χ2v) is 6.41. The van der Waals surface area contributed by atoms with Gasteiger partial charge < -0.3 is 15.7 Å². The maximum atomic E-state index is 13.2. The summed E-state index contributed by atoms with van der Waals surface area (Å²) in [7, 11) is 0. The SMILES string of the molecule is Cc1cc(C)n(-c2cccc(NC(=O)NCC(O)c3ccc(F)c(F)c3)c2)n1. The average molecular weight is 386 g/mol. The minimum Gasteiger partial charge on any atom is -0.387 e. The number of nitrogens with zero attached hydrogens (tertiary/aromatic N) is 2. The fourth-order valence-electron chi connectivity index (χ4n) is 2.81. The average Bonchev–Trinajstić information content (AvgIpc) is 3.00. The van der Waals surface area contributed by atoms with Gasteiger partial charge in [0, 0.05) is 17.9 Å². The summed E-state index contributed by atoms with van der Waals surface area (Å²) in [5.41, 5.74) is 3.37. The van der Waals surface area contributed by atoms with Gasteiger partial charge >= 0.3 is 6.03 Å². The van der Waals surface area contributed by atoms with Gasteiger partial charge in [-0.3, -0.25) is 0 Å². The highest BCUT2D eigenvalue weighted by atomic mass is 19.2. The topological polar surface area (TPSA) is 79.2 Å². The van der Waals surface area contributed by atoms with Crippen molar-refractivity contribution in [2.75, 3.05) is 11.9 Å². The summed E-state index contributed by atoms with van der Waals surface area (Å²) in [4.78, 5) is 12.1. The number of hydrogen-bond donors (Lipinski definition) is 3. The fourth-order valence-corrected chi connectivity index (χ4v) is 2.81. The van der Waals surface area contributed by atoms with E-state index in [4.69, 9.17) is 0 Å². The van der Waals surface area contributed by atoms with Crippen molar-refractivity contribution in [3.8, 4) is 5.69 Å². The zero-order chi connectivity index (χ0) is 20.3. The molecule has 28 heavy (non-hydrogen) atoms. The summed E-state index contributed by atoms with van der Waals surface area (Å²) in [6, 6.07) is 11.7. The lowest BCUT2D eigenvalue weighted by molar-refractivity contribution is 0.174. The Balaban J connectivity index is 1.61. The van der Waals surface area contributed by atoms with Crippen LogP contribution in [0.15, 0.2) is 48.5 Å². The molecular formula is C20H20F2N4O2. The zero-order valence-electron chi connectivity index (χ0n) is 15.4. The number of benzene rings is 2. The van der Waals surface area contributed by atoms with Crippen LogP contribution in [0, 0.1) is 25.5 Å². The van der Waals surface area contributed by atoms with Crippen molar-refractivity contribution < 1.29 is 18.7 Å². The molecule has 146 valence electrons. The molecule has 1 aromatic heterocycles. The lowest BCUT2D eigenvalue weighted by atomic mass is 10.1. The minimum atomic E-state index is -1.16. The molecule has 0 saturated heterocycles. The Bertz CT molecular complexity index is 1000. The van der Waals surface area contributed by atoms with E-state index in [2.05, 4.69) is 15.7 Å². The molecular weight excluding hydrogens is 366 g/mol. The van der Waals surface area contributed by atoms with Gasteiger partial charge in [-0.1, -0.05) is 12.1 Å². The van der Waals surface area contributed by atoms with Crippen molar-refractivity contribution in [1.29, 1.82) is 0 Å². The Labute approximate surface area is 160 Å². The molecule has 8 heteroatoms. The molecule has 3 rings (SSSR count). The molecule has 0 bridgehead atoms. The Hall–Kier alpha value is -3.26. The smallest absolute Gasteiger partial charge is 0.319 e. The number of urea groups is 1. The van der Waals surface area contributed by atoms with Crippen LogP contribution in [0.2, 0.25) is 0 Å². The van der Waals surface area contributed by atoms with Gasteiger partial charge in [0.25, 0.3) is 0 Å². The van der Waals surface area contributed by atoms with Crippen LogP contribution in [0.1, 0.15) is 23.1 Å². The summed E-state index contributed by atoms with van der Waals surface area (Å²) in [5, 5.41) is 19.6. The molecule has 2 amide bonds. The maximum Gasteiger partial charge on any atom is 0.319 e. The maximum absolute atomic E-state index is 13.2. The molecule has 3 aromatic rings. The van der Waals surface area contributed by atoms with Crippen molar-refractivity contribution in [1.82, 2.24) is 15.1 Å². The summed E-state index contributed by atoms with van der Waals surface area (Å²) in [5.74, 6) is -2.05. The number of aliphatic hydroxyl groups excluding tert-OH is 1. The first-order valence-corrected chi connectivity index (χ1v) is 8.65. The highest BCUT2D eigenvalue weighted by Gasteiger charge is 2.13. The van der Waals surface area contributed by atoms with E-state index >= 15 is 0 Å². The van der Waals surface area contributed by atoms with E-state index in [0.29, 0.717) is 5.69 Å². The van der Waals surface area contributed by atoms with Crippen molar-refractivity contribution >= 4 is 11.7 Å². The molecule has 0 spiro atoms. The highest BCUT2D eigenvalue weighted by Crippen LogP contribution is 2.18. The monoisotopic (exact) mass is 386 g/mol. The van der Waals surface area contributed by atoms with E-state index in [1.54, 1.807) is 22.9 Å². The summed E-state index contributed by atoms with van der Waals surface area (Å²) >= 11 is 0. The van der Waals surface area contributed by atoms with E-state index in [9.17, 15) is 18.7 Å². The third kappa shape index (κ3) is 4.52. The number of nitrogens with one attached hydrogen (secondary N) is 2. The molecule has 0 saturated carbocycles. The first-order valence-electron chi connectivity index (χ1n) is 8.65. The van der Waals surface area contributed by atoms with Gasteiger partial charge in [0.2, 0.25) is 0 Å². The summed E-state index contributed by atoms with van der Waals surface area (Å²) in [6.45, 7) is 3.68. The van der Waals surface area contributed by atoms with Gasteiger partial charge in [-0.05, 0) is 55.8 Å². The minimum absolute atomic E-state index is 0.159. The van der Waals surface area contributed by atoms with E-state index in [1.165, 1.54) is 6.07 Å². The first kappa shape index (κ1) is 19.5. The Kier molecular flexibility index (Phi) is 5.70. The van der Waals surface area contributed by atoms with Crippen LogP contribution in [-0.4, -0.2) is 27.5 Å². The van der Waals surface area contributed by atoms with Crippen LogP contribution < -0.4 is 10.6 Å². The van der Waals surface area contributed by atoms with Crippen molar-refractivity contribution in [3.63, 3.8) is 0 Å². The van der Waals surface area contributed by atoms with Crippen LogP contribution in [0.25, 0.3) is 5.69 Å². The van der Waals surface area contributed by atoms with Crippen LogP contribution >= 0.6 is 0 Å². The number of hydrogen-bond acceptors (Lipinski definition) is 3. The molecule has 0 aliphatic heterocycles. The number of halogens is 2. The number of anilines is 1. The number of carbonyl (C=O) groups is 1. The second-order valence-electron chi connectivity index (χ2n) is 6.41. The Morgan fingerprint density at radius 3 is 2.61 bits per heavy atom. The molecule has 3 N–H and O–H groups in total. The summed E-state index contributed by atoms with van der Waals surface area (Å²) in [6.07, 6.45) is -1.16. The van der Waals surface area contributed by atoms with E-state index < -0.39 is 23.8 Å². The third-order valence-electron chi connectivity index (χ3n) is 4.14. The van der Waals surface area contributed by atoms with Crippen LogP contribution in [0.4, 0.5) is 19.3 Å². The molecule has 2 aromatic carbocycles. The number of aliphatic hydroxyl groups is 1. The highest BCUT2D eigenvalue weighted by molar-refractivity contribution is 5.89. The predicted octanol–water partition coefficient (Wildman–Crippen LogP) is 3.62. The molecule has 0 radical (unpaired) electrons. The number of aromatic nitrogens is 2. The van der Waals surface area contributed by atoms with Gasteiger partial charge in [-0.15, -0.1) is 0 Å². The Morgan fingerprint density at radius 2 is 1.93 bits per heavy atom. The van der Waals surface area contributed by atoms with Gasteiger partial charge in [-0.25, -0.2) is 18.3 Å². The van der Waals surface area contributed by atoms with Gasteiger partial charge in [0.1, 0.15) is 0 Å². The van der Waals surface area contributed by atoms with E-state index in [1.807, 2.05) is 26.0 Å². The molecule has 1 heterocycles. The largest absolute Gasteiger partial charge is 0.387 e. The van der Waals surface area contributed by atoms with E-state index in [0.717, 1.165) is 29.2 Å². The normalized spacial score (nSPS) is 11.9. The first-order chi connectivity index (χ1) is 13.3. The van der Waals surface area contributed by atoms with Crippen LogP contribution in [0.3, 0.4) is 0 Å². The number of rotatable bonds is 5. The molecule has 6 nitrogen and oxygen atoms in total. The molecule has 0 aliphatic carbocycles. The zero-order valence-corrected chi connectivity index (χ0v) is 15.4. The number of carbonyl (C=O) groups excluding carboxylic acids is 1. The molecule has 1 unspecified atom stereocenters. The third-order valence-corrected chi connectivity index (χ3v) is 4.14. The van der Waals surface area contributed by atoms with Crippen LogP contribution in [-0.2, 0) is 0 Å². The molecule has 0 fully saturated rings. The lowest BCUT2D eigenvalue weighted by Crippen LogP contribution is -2.32. The van der Waals surface area contributed by atoms with Crippen molar-refractivity contribution in [2.45, 2.75) is 20.0 Å². The van der Waals surface area contributed by atoms with Crippen molar-refractivity contribution in [3.05, 3.63) is 77.1 Å². The van der Waals surface area contributed by atoms with Gasteiger partial charge in [0.15, 0.2) is 11.6 Å². The number of amides is 2. The Morgan fingerprint density at radius 1 is 1.14 bits per heavy atom. The molecule has 0 aliphatic rings. The second kappa shape index (κ2) is 8.18. The summed E-state index contributed by atoms with van der Waals surface area (Å²) < 4.78 is 28.0. The predicted molar refractivity (Wildman–Crippen MR) is 101 cm³/mol. The number of aryl methyl sites for hydroxylation is 2. The lowest BCUT2D eigenvalue weighted by Gasteiger charge is -2.14. The van der Waals surface area contributed by atoms with Crippen LogP contribution in [0.5, 0.6) is 0 Å². The fraction of sp³-hybridized carbons (Fsp3) is 0.200. The quantitative estimate of drug-likeness (QED) is 0.627. The van der Waals surface area contributed by atoms with Crippen molar-refractivity contribution in [2.24, 2.45) is 0 Å². The van der Waals surface area contributed by atoms with Gasteiger partial charge in [0.05, 0.1) is 17.5 Å².